The molecular weight excluding hydrogens is 530 g/mol. The minimum absolute atomic E-state index is 0.0441. The summed E-state index contributed by atoms with van der Waals surface area (Å²) >= 11 is 0. The zero-order valence-electron chi connectivity index (χ0n) is 29.7. The van der Waals surface area contributed by atoms with Gasteiger partial charge in [-0.1, -0.05) is 141 Å². The van der Waals surface area contributed by atoms with Gasteiger partial charge in [-0.05, 0) is 96.9 Å². The Morgan fingerprint density at radius 2 is 1.27 bits per heavy atom. The van der Waals surface area contributed by atoms with Gasteiger partial charge < -0.3 is 4.90 Å². The van der Waals surface area contributed by atoms with Crippen LogP contribution in [0.15, 0.2) is 96.6 Å². The fourth-order valence-electron chi connectivity index (χ4n) is 6.88. The lowest BCUT2D eigenvalue weighted by atomic mass is 9.74. The molecule has 0 saturated carbocycles. The molecule has 4 rings (SSSR count). The van der Waals surface area contributed by atoms with Crippen LogP contribution in [0.4, 0.5) is 5.69 Å². The fraction of sp³-hybridized carbons (Fsp3) is 0.488. The molecule has 1 aliphatic carbocycles. The summed E-state index contributed by atoms with van der Waals surface area (Å²) in [6, 6.07) is 28.3. The molecule has 0 fully saturated rings. The third-order valence-electron chi connectivity index (χ3n) is 10.6. The highest BCUT2D eigenvalue weighted by molar-refractivity contribution is 5.67. The van der Waals surface area contributed by atoms with Crippen LogP contribution in [-0.4, -0.2) is 11.6 Å². The van der Waals surface area contributed by atoms with E-state index in [-0.39, 0.29) is 16.4 Å². The average molecular weight is 590 g/mol. The second-order valence-corrected chi connectivity index (χ2v) is 15.5. The second kappa shape index (κ2) is 13.5. The summed E-state index contributed by atoms with van der Waals surface area (Å²) < 4.78 is 0. The van der Waals surface area contributed by atoms with Crippen LogP contribution in [-0.2, 0) is 10.8 Å². The Morgan fingerprint density at radius 1 is 0.727 bits per heavy atom. The molecule has 1 aliphatic rings. The number of rotatable bonds is 11. The molecule has 1 nitrogen and oxygen atoms in total. The molecule has 0 saturated heterocycles. The predicted octanol–water partition coefficient (Wildman–Crippen LogP) is 12.4. The van der Waals surface area contributed by atoms with Crippen LogP contribution in [0.1, 0.15) is 124 Å². The van der Waals surface area contributed by atoms with Gasteiger partial charge in [0.25, 0.3) is 0 Å². The molecule has 0 amide bonds. The molecular formula is C43H59N. The molecule has 3 aromatic rings. The lowest BCUT2D eigenvalue weighted by molar-refractivity contribution is 0.334. The van der Waals surface area contributed by atoms with Crippen molar-refractivity contribution in [3.05, 3.63) is 113 Å². The van der Waals surface area contributed by atoms with Crippen molar-refractivity contribution in [2.45, 2.75) is 130 Å². The summed E-state index contributed by atoms with van der Waals surface area (Å²) in [7, 11) is 0. The van der Waals surface area contributed by atoms with E-state index in [1.807, 2.05) is 0 Å². The van der Waals surface area contributed by atoms with Crippen molar-refractivity contribution in [2.75, 3.05) is 4.90 Å². The van der Waals surface area contributed by atoms with Gasteiger partial charge in [-0.3, -0.25) is 0 Å². The molecule has 0 spiro atoms. The van der Waals surface area contributed by atoms with Crippen molar-refractivity contribution in [1.29, 1.82) is 0 Å². The Balaban J connectivity index is 1.48. The Kier molecular flexibility index (Phi) is 10.4. The first-order valence-corrected chi connectivity index (χ1v) is 17.2. The van der Waals surface area contributed by atoms with Gasteiger partial charge in [-0.15, -0.1) is 0 Å². The molecule has 0 bridgehead atoms. The molecule has 3 atom stereocenters. The van der Waals surface area contributed by atoms with Crippen molar-refractivity contribution in [3.63, 3.8) is 0 Å². The first-order chi connectivity index (χ1) is 20.7. The monoisotopic (exact) mass is 589 g/mol. The maximum Gasteiger partial charge on any atom is 0.0373 e. The fourth-order valence-corrected chi connectivity index (χ4v) is 6.88. The normalized spacial score (nSPS) is 17.2. The molecule has 0 heterocycles. The first-order valence-electron chi connectivity index (χ1n) is 17.2. The molecule has 236 valence electrons. The van der Waals surface area contributed by atoms with Gasteiger partial charge in [0.15, 0.2) is 0 Å². The van der Waals surface area contributed by atoms with E-state index in [0.717, 1.165) is 12.8 Å². The van der Waals surface area contributed by atoms with Gasteiger partial charge in [0, 0.05) is 28.6 Å². The highest BCUT2D eigenvalue weighted by Crippen LogP contribution is 2.39. The summed E-state index contributed by atoms with van der Waals surface area (Å²) in [5.74, 6) is 1.10. The van der Waals surface area contributed by atoms with Crippen molar-refractivity contribution in [1.82, 2.24) is 0 Å². The van der Waals surface area contributed by atoms with E-state index in [0.29, 0.717) is 17.9 Å². The Morgan fingerprint density at radius 3 is 1.75 bits per heavy atom. The standard InChI is InChI=1S/C43H59N/c1-12-14-31(3)32(4)44(42(8,9)13-2)40-29-21-36(22-30-40)35-19-27-39(28-20-35)43(10,11)38-25-17-34(18-26-38)33-15-23-37(24-16-33)41(5,6)7/h15-17,19-32,34H,12-14,18H2,1-11H3/t31?,32-,34?/m1/s1. The van der Waals surface area contributed by atoms with E-state index >= 15 is 0 Å². The smallest absolute Gasteiger partial charge is 0.0373 e. The van der Waals surface area contributed by atoms with Crippen molar-refractivity contribution < 1.29 is 0 Å². The largest absolute Gasteiger partial charge is 0.363 e. The minimum Gasteiger partial charge on any atom is -0.363 e. The Bertz CT molecular complexity index is 1410. The predicted molar refractivity (Wildman–Crippen MR) is 195 cm³/mol. The van der Waals surface area contributed by atoms with E-state index < -0.39 is 0 Å². The van der Waals surface area contributed by atoms with Gasteiger partial charge in [0.1, 0.15) is 0 Å². The van der Waals surface area contributed by atoms with Crippen LogP contribution in [0.3, 0.4) is 0 Å². The topological polar surface area (TPSA) is 3.24 Å². The lowest BCUT2D eigenvalue weighted by Gasteiger charge is -2.46. The number of nitrogens with zero attached hydrogens (tertiary/aromatic N) is 1. The van der Waals surface area contributed by atoms with E-state index in [4.69, 9.17) is 0 Å². The lowest BCUT2D eigenvalue weighted by Crippen LogP contribution is -2.51. The molecule has 0 N–H and O–H groups in total. The summed E-state index contributed by atoms with van der Waals surface area (Å²) in [6.45, 7) is 25.8. The number of benzene rings is 3. The minimum atomic E-state index is -0.0441. The Labute approximate surface area is 270 Å². The third-order valence-corrected chi connectivity index (χ3v) is 10.6. The van der Waals surface area contributed by atoms with Gasteiger partial charge >= 0.3 is 0 Å². The van der Waals surface area contributed by atoms with Crippen LogP contribution < -0.4 is 4.90 Å². The highest BCUT2D eigenvalue weighted by atomic mass is 15.2. The van der Waals surface area contributed by atoms with Crippen LogP contribution in [0.5, 0.6) is 0 Å². The van der Waals surface area contributed by atoms with Crippen molar-refractivity contribution >= 4 is 5.69 Å². The average Bonchev–Trinajstić information content (AvgIpc) is 3.01. The quantitative estimate of drug-likeness (QED) is 0.215. The molecule has 3 aromatic carbocycles. The van der Waals surface area contributed by atoms with Crippen molar-refractivity contribution in [2.24, 2.45) is 5.92 Å². The maximum atomic E-state index is 2.67. The number of allylic oxidation sites excluding steroid dienone is 4. The summed E-state index contributed by atoms with van der Waals surface area (Å²) in [4.78, 5) is 2.67. The molecule has 0 radical (unpaired) electrons. The van der Waals surface area contributed by atoms with Gasteiger partial charge in [0.05, 0.1) is 0 Å². The van der Waals surface area contributed by atoms with Crippen LogP contribution in [0, 0.1) is 5.92 Å². The maximum absolute atomic E-state index is 2.67. The third kappa shape index (κ3) is 7.42. The highest BCUT2D eigenvalue weighted by Gasteiger charge is 2.32. The van der Waals surface area contributed by atoms with Crippen LogP contribution in [0.25, 0.3) is 11.1 Å². The molecule has 0 aliphatic heterocycles. The summed E-state index contributed by atoms with van der Waals surface area (Å²) in [6.07, 6.45) is 11.9. The molecule has 0 aromatic heterocycles. The summed E-state index contributed by atoms with van der Waals surface area (Å²) in [5, 5.41) is 0. The number of hydrogen-bond acceptors (Lipinski definition) is 1. The van der Waals surface area contributed by atoms with E-state index in [1.165, 1.54) is 51.9 Å². The molecule has 44 heavy (non-hydrogen) atoms. The molecule has 1 heteroatoms. The van der Waals surface area contributed by atoms with Gasteiger partial charge in [0.2, 0.25) is 0 Å². The van der Waals surface area contributed by atoms with E-state index in [9.17, 15) is 0 Å². The first kappa shape index (κ1) is 33.8. The summed E-state index contributed by atoms with van der Waals surface area (Å²) in [5.41, 5.74) is 9.70. The second-order valence-electron chi connectivity index (χ2n) is 15.5. The van der Waals surface area contributed by atoms with Gasteiger partial charge in [-0.25, -0.2) is 0 Å². The van der Waals surface area contributed by atoms with Crippen LogP contribution in [0.2, 0.25) is 0 Å². The van der Waals surface area contributed by atoms with Gasteiger partial charge in [-0.2, -0.15) is 0 Å². The van der Waals surface area contributed by atoms with Crippen LogP contribution >= 0.6 is 0 Å². The number of hydrogen-bond donors (Lipinski definition) is 0. The van der Waals surface area contributed by atoms with E-state index in [1.54, 1.807) is 0 Å². The Hall–Kier alpha value is -3.06. The SMILES string of the molecule is CCCC(C)[C@@H](C)N(c1ccc(-c2ccc(C(C)(C)C3=CCC(c4ccc(C(C)(C)C)cc4)C=C3)cc2)cc1)C(C)(C)CC. The molecule has 2 unspecified atom stereocenters. The number of anilines is 1. The zero-order chi connectivity index (χ0) is 32.3. The van der Waals surface area contributed by atoms with Crippen molar-refractivity contribution in [3.8, 4) is 11.1 Å². The van der Waals surface area contributed by atoms with E-state index in [2.05, 4.69) is 172 Å². The zero-order valence-corrected chi connectivity index (χ0v) is 29.7.